The van der Waals surface area contributed by atoms with Gasteiger partial charge in [-0.05, 0) is 36.6 Å². The van der Waals surface area contributed by atoms with Crippen LogP contribution in [0.1, 0.15) is 24.5 Å². The molecule has 1 aliphatic carbocycles. The molecule has 20 heavy (non-hydrogen) atoms. The minimum Gasteiger partial charge on any atom is -0.508 e. The van der Waals surface area contributed by atoms with E-state index >= 15 is 0 Å². The molecule has 0 amide bonds. The van der Waals surface area contributed by atoms with E-state index in [4.69, 9.17) is 4.74 Å². The van der Waals surface area contributed by atoms with Gasteiger partial charge in [0.15, 0.2) is 0 Å². The average Bonchev–Trinajstić information content (AvgIpc) is 2.46. The molecule has 1 heterocycles. The number of phenolic OH excluding ortho intramolecular Hbond substituents is 1. The number of aromatic hydroxyl groups is 1. The van der Waals surface area contributed by atoms with Gasteiger partial charge < -0.3 is 14.9 Å². The molecule has 0 spiro atoms. The van der Waals surface area contributed by atoms with Crippen molar-refractivity contribution in [3.05, 3.63) is 29.3 Å². The Hall–Kier alpha value is -1.10. The molecule has 2 aliphatic rings. The lowest BCUT2D eigenvalue weighted by atomic mass is 9.83. The molecule has 1 fully saturated rings. The third-order valence-corrected chi connectivity index (χ3v) is 4.50. The summed E-state index contributed by atoms with van der Waals surface area (Å²) in [5.41, 5.74) is 2.25. The number of rotatable bonds is 3. The van der Waals surface area contributed by atoms with Crippen LogP contribution in [0.25, 0.3) is 0 Å². The summed E-state index contributed by atoms with van der Waals surface area (Å²) >= 11 is 0. The third-order valence-electron chi connectivity index (χ3n) is 4.50. The van der Waals surface area contributed by atoms with Gasteiger partial charge in [-0.25, -0.2) is 0 Å². The number of morpholine rings is 1. The monoisotopic (exact) mass is 277 g/mol. The quantitative estimate of drug-likeness (QED) is 0.875. The fraction of sp³-hybridized carbons (Fsp3) is 0.625. The van der Waals surface area contributed by atoms with Crippen LogP contribution in [0, 0.1) is 0 Å². The number of ether oxygens (including phenoxy) is 1. The van der Waals surface area contributed by atoms with E-state index in [1.807, 2.05) is 6.07 Å². The van der Waals surface area contributed by atoms with Crippen LogP contribution in [0.15, 0.2) is 18.2 Å². The van der Waals surface area contributed by atoms with Crippen LogP contribution < -0.4 is 0 Å². The molecule has 1 aliphatic heterocycles. The summed E-state index contributed by atoms with van der Waals surface area (Å²) in [7, 11) is 0. The Kier molecular flexibility index (Phi) is 3.96. The van der Waals surface area contributed by atoms with Gasteiger partial charge in [-0.2, -0.15) is 0 Å². The summed E-state index contributed by atoms with van der Waals surface area (Å²) < 4.78 is 6.03. The highest BCUT2D eigenvalue weighted by Gasteiger charge is 2.40. The number of phenols is 1. The Bertz CT molecular complexity index is 477. The van der Waals surface area contributed by atoms with Crippen LogP contribution in [-0.2, 0) is 17.6 Å². The van der Waals surface area contributed by atoms with Crippen molar-refractivity contribution in [1.29, 1.82) is 0 Å². The minimum atomic E-state index is -0.102. The molecule has 1 aromatic rings. The fourth-order valence-electron chi connectivity index (χ4n) is 3.58. The molecule has 110 valence electrons. The summed E-state index contributed by atoms with van der Waals surface area (Å²) in [6.07, 6.45) is 2.74. The number of aliphatic hydroxyl groups is 1. The van der Waals surface area contributed by atoms with E-state index in [0.717, 1.165) is 37.9 Å². The van der Waals surface area contributed by atoms with Crippen molar-refractivity contribution < 1.29 is 14.9 Å². The van der Waals surface area contributed by atoms with Gasteiger partial charge in [0.1, 0.15) is 5.75 Å². The van der Waals surface area contributed by atoms with E-state index < -0.39 is 0 Å². The summed E-state index contributed by atoms with van der Waals surface area (Å²) in [5.74, 6) is 0.373. The zero-order valence-corrected chi connectivity index (χ0v) is 12.0. The fourth-order valence-corrected chi connectivity index (χ4v) is 3.58. The smallest absolute Gasteiger partial charge is 0.119 e. The van der Waals surface area contributed by atoms with E-state index in [9.17, 15) is 10.2 Å². The van der Waals surface area contributed by atoms with Crippen molar-refractivity contribution in [3.63, 3.8) is 0 Å². The maximum Gasteiger partial charge on any atom is 0.119 e. The number of benzene rings is 1. The van der Waals surface area contributed by atoms with Crippen molar-refractivity contribution in [2.75, 3.05) is 19.7 Å². The Labute approximate surface area is 120 Å². The molecular weight excluding hydrogens is 254 g/mol. The van der Waals surface area contributed by atoms with E-state index in [0.29, 0.717) is 11.8 Å². The van der Waals surface area contributed by atoms with Crippen LogP contribution in [0.3, 0.4) is 0 Å². The van der Waals surface area contributed by atoms with Gasteiger partial charge in [0.05, 0.1) is 18.8 Å². The van der Waals surface area contributed by atoms with E-state index in [2.05, 4.69) is 17.9 Å². The third kappa shape index (κ3) is 2.43. The van der Waals surface area contributed by atoms with Crippen molar-refractivity contribution >= 4 is 0 Å². The first-order valence-corrected chi connectivity index (χ1v) is 7.53. The number of hydrogen-bond donors (Lipinski definition) is 2. The van der Waals surface area contributed by atoms with Gasteiger partial charge in [-0.1, -0.05) is 19.1 Å². The average molecular weight is 277 g/mol. The van der Waals surface area contributed by atoms with Gasteiger partial charge in [-0.15, -0.1) is 0 Å². The SMILES string of the molecule is CCCN1CC(CO)OC2Cc3c(O)cccc3C[C@@H]21. The highest BCUT2D eigenvalue weighted by atomic mass is 16.5. The van der Waals surface area contributed by atoms with Gasteiger partial charge in [0.25, 0.3) is 0 Å². The highest BCUT2D eigenvalue weighted by Crippen LogP contribution is 2.34. The maximum atomic E-state index is 10.0. The van der Waals surface area contributed by atoms with Gasteiger partial charge in [0, 0.05) is 19.0 Å². The lowest BCUT2D eigenvalue weighted by molar-refractivity contribution is -0.135. The lowest BCUT2D eigenvalue weighted by Gasteiger charge is -2.47. The van der Waals surface area contributed by atoms with Crippen LogP contribution in [0.2, 0.25) is 0 Å². The van der Waals surface area contributed by atoms with Crippen LogP contribution >= 0.6 is 0 Å². The predicted octanol–water partition coefficient (Wildman–Crippen LogP) is 1.33. The van der Waals surface area contributed by atoms with Crippen molar-refractivity contribution in [1.82, 2.24) is 4.90 Å². The normalized spacial score (nSPS) is 29.8. The van der Waals surface area contributed by atoms with E-state index in [1.165, 1.54) is 5.56 Å². The Balaban J connectivity index is 1.88. The molecule has 2 unspecified atom stereocenters. The van der Waals surface area contributed by atoms with Crippen molar-refractivity contribution in [2.24, 2.45) is 0 Å². The molecule has 1 saturated heterocycles. The Morgan fingerprint density at radius 2 is 2.20 bits per heavy atom. The van der Waals surface area contributed by atoms with Crippen LogP contribution in [0.5, 0.6) is 5.75 Å². The number of fused-ring (bicyclic) bond motifs is 2. The molecule has 0 aromatic heterocycles. The molecule has 0 radical (unpaired) electrons. The van der Waals surface area contributed by atoms with Crippen molar-refractivity contribution in [3.8, 4) is 5.75 Å². The zero-order chi connectivity index (χ0) is 14.1. The second-order valence-corrected chi connectivity index (χ2v) is 5.86. The number of aliphatic hydroxyl groups excluding tert-OH is 1. The topological polar surface area (TPSA) is 52.9 Å². The van der Waals surface area contributed by atoms with E-state index in [-0.39, 0.29) is 18.8 Å². The summed E-state index contributed by atoms with van der Waals surface area (Å²) in [6.45, 7) is 4.09. The largest absolute Gasteiger partial charge is 0.508 e. The van der Waals surface area contributed by atoms with Gasteiger partial charge in [0.2, 0.25) is 0 Å². The molecule has 3 atom stereocenters. The standard InChI is InChI=1S/C16H23NO3/c1-2-6-17-9-12(10-18)20-16-8-13-11(7-14(16)17)4-3-5-15(13)19/h3-5,12,14,16,18-19H,2,6-10H2,1H3/t12?,14-,16?/m0/s1. The van der Waals surface area contributed by atoms with Crippen molar-refractivity contribution in [2.45, 2.75) is 44.4 Å². The molecule has 0 saturated carbocycles. The number of hydrogen-bond acceptors (Lipinski definition) is 4. The molecule has 3 rings (SSSR count). The molecule has 2 N–H and O–H groups in total. The first kappa shape index (κ1) is 13.9. The summed E-state index contributed by atoms with van der Waals surface area (Å²) in [5, 5.41) is 19.4. The first-order valence-electron chi connectivity index (χ1n) is 7.53. The van der Waals surface area contributed by atoms with Crippen LogP contribution in [-0.4, -0.2) is 53.1 Å². The lowest BCUT2D eigenvalue weighted by Crippen LogP contribution is -2.58. The minimum absolute atomic E-state index is 0.0665. The van der Waals surface area contributed by atoms with Gasteiger partial charge >= 0.3 is 0 Å². The molecular formula is C16H23NO3. The molecule has 4 heteroatoms. The second kappa shape index (κ2) is 5.72. The predicted molar refractivity (Wildman–Crippen MR) is 76.9 cm³/mol. The van der Waals surface area contributed by atoms with Gasteiger partial charge in [-0.3, -0.25) is 4.90 Å². The zero-order valence-electron chi connectivity index (χ0n) is 12.0. The van der Waals surface area contributed by atoms with E-state index in [1.54, 1.807) is 6.07 Å². The maximum absolute atomic E-state index is 10.0. The summed E-state index contributed by atoms with van der Waals surface area (Å²) in [6, 6.07) is 6.13. The Morgan fingerprint density at radius 3 is 2.95 bits per heavy atom. The molecule has 4 nitrogen and oxygen atoms in total. The Morgan fingerprint density at radius 1 is 1.35 bits per heavy atom. The number of nitrogens with zero attached hydrogens (tertiary/aromatic N) is 1. The molecule has 1 aromatic carbocycles. The summed E-state index contributed by atoms with van der Waals surface area (Å²) in [4.78, 5) is 2.45. The van der Waals surface area contributed by atoms with Crippen LogP contribution in [0.4, 0.5) is 0 Å². The second-order valence-electron chi connectivity index (χ2n) is 5.86. The highest BCUT2D eigenvalue weighted by molar-refractivity contribution is 5.42. The first-order chi connectivity index (χ1) is 9.72. The molecule has 0 bridgehead atoms.